The third-order valence-electron chi connectivity index (χ3n) is 4.34. The maximum absolute atomic E-state index is 12.9. The predicted molar refractivity (Wildman–Crippen MR) is 109 cm³/mol. The van der Waals surface area contributed by atoms with Crippen molar-refractivity contribution in [2.24, 2.45) is 0 Å². The number of halogens is 1. The Morgan fingerprint density at radius 2 is 1.70 bits per heavy atom. The lowest BCUT2D eigenvalue weighted by Crippen LogP contribution is -2.31. The van der Waals surface area contributed by atoms with Crippen LogP contribution in [-0.4, -0.2) is 21.7 Å². The quantitative estimate of drug-likeness (QED) is 0.473. The summed E-state index contributed by atoms with van der Waals surface area (Å²) in [6.45, 7) is 0.940. The Bertz CT molecular complexity index is 1140. The number of nitrogens with zero attached hydrogens (tertiary/aromatic N) is 3. The van der Waals surface area contributed by atoms with Crippen LogP contribution in [0.4, 0.5) is 0 Å². The second-order valence-electron chi connectivity index (χ2n) is 6.43. The fraction of sp³-hybridized carbons (Fsp3) is 0.143. The number of fused-ring (bicyclic) bond motifs is 1. The molecule has 6 heteroatoms. The first-order chi connectivity index (χ1) is 13.1. The summed E-state index contributed by atoms with van der Waals surface area (Å²) < 4.78 is 7.76. The van der Waals surface area contributed by atoms with E-state index in [4.69, 9.17) is 4.42 Å². The van der Waals surface area contributed by atoms with Gasteiger partial charge in [0.05, 0.1) is 24.3 Å². The summed E-state index contributed by atoms with van der Waals surface area (Å²) in [7, 11) is 1.93. The summed E-state index contributed by atoms with van der Waals surface area (Å²) in [6.07, 6.45) is 0. The zero-order valence-electron chi connectivity index (χ0n) is 14.8. The average molecular weight is 424 g/mol. The Kier molecular flexibility index (Phi) is 4.92. The summed E-state index contributed by atoms with van der Waals surface area (Å²) in [6, 6.07) is 21.3. The molecule has 4 rings (SSSR count). The molecule has 0 N–H and O–H groups in total. The second-order valence-corrected chi connectivity index (χ2v) is 7.21. The van der Waals surface area contributed by atoms with Gasteiger partial charge >= 0.3 is 0 Å². The van der Waals surface area contributed by atoms with E-state index in [0.29, 0.717) is 23.3 Å². The molecule has 4 aromatic rings. The first kappa shape index (κ1) is 17.7. The van der Waals surface area contributed by atoms with Crippen molar-refractivity contribution in [1.82, 2.24) is 14.7 Å². The largest absolute Gasteiger partial charge is 0.453 e. The van der Waals surface area contributed by atoms with E-state index in [1.807, 2.05) is 78.7 Å². The number of rotatable bonds is 5. The second kappa shape index (κ2) is 7.50. The number of hydrogen-bond donors (Lipinski definition) is 0. The maximum Gasteiger partial charge on any atom is 0.275 e. The number of hydrogen-bond acceptors (Lipinski definition) is 4. The first-order valence-electron chi connectivity index (χ1n) is 8.60. The first-order valence-corrected chi connectivity index (χ1v) is 9.39. The van der Waals surface area contributed by atoms with Gasteiger partial charge in [-0.3, -0.25) is 9.69 Å². The minimum absolute atomic E-state index is 0.0993. The van der Waals surface area contributed by atoms with Crippen molar-refractivity contribution in [2.75, 3.05) is 7.05 Å². The molecule has 0 amide bonds. The summed E-state index contributed by atoms with van der Waals surface area (Å²) >= 11 is 3.31. The van der Waals surface area contributed by atoms with Crippen molar-refractivity contribution in [2.45, 2.75) is 13.2 Å². The van der Waals surface area contributed by atoms with Crippen LogP contribution >= 0.6 is 15.9 Å². The van der Waals surface area contributed by atoms with Gasteiger partial charge in [0.15, 0.2) is 4.67 Å². The van der Waals surface area contributed by atoms with Gasteiger partial charge in [-0.2, -0.15) is 5.10 Å². The van der Waals surface area contributed by atoms with E-state index in [-0.39, 0.29) is 5.56 Å². The van der Waals surface area contributed by atoms with Crippen LogP contribution in [0.5, 0.6) is 0 Å². The fourth-order valence-corrected chi connectivity index (χ4v) is 3.46. The summed E-state index contributed by atoms with van der Waals surface area (Å²) in [5.74, 6) is 0.821. The van der Waals surface area contributed by atoms with Crippen LogP contribution in [0.1, 0.15) is 5.76 Å². The monoisotopic (exact) mass is 423 g/mol. The van der Waals surface area contributed by atoms with Gasteiger partial charge in [0.25, 0.3) is 5.56 Å². The van der Waals surface area contributed by atoms with Crippen molar-refractivity contribution in [3.8, 4) is 11.3 Å². The van der Waals surface area contributed by atoms with Gasteiger partial charge in [0.1, 0.15) is 5.76 Å². The molecule has 2 heterocycles. The summed E-state index contributed by atoms with van der Waals surface area (Å²) in [4.78, 5) is 14.9. The van der Waals surface area contributed by atoms with E-state index in [9.17, 15) is 4.79 Å². The van der Waals surface area contributed by atoms with Crippen LogP contribution in [0.2, 0.25) is 0 Å². The highest BCUT2D eigenvalue weighted by molar-refractivity contribution is 9.10. The van der Waals surface area contributed by atoms with E-state index in [0.717, 1.165) is 22.4 Å². The lowest BCUT2D eigenvalue weighted by Gasteiger charge is -2.17. The molecule has 5 nitrogen and oxygen atoms in total. The topological polar surface area (TPSA) is 51.3 Å². The molecule has 0 bridgehead atoms. The number of aromatic nitrogens is 2. The molecule has 0 spiro atoms. The van der Waals surface area contributed by atoms with Gasteiger partial charge in [0, 0.05) is 10.9 Å². The zero-order chi connectivity index (χ0) is 18.8. The summed E-state index contributed by atoms with van der Waals surface area (Å²) in [5.41, 5.74) is 1.69. The number of benzene rings is 2. The van der Waals surface area contributed by atoms with Crippen molar-refractivity contribution < 1.29 is 4.42 Å². The molecule has 0 aliphatic carbocycles. The van der Waals surface area contributed by atoms with Crippen LogP contribution in [0, 0.1) is 0 Å². The maximum atomic E-state index is 12.9. The molecule has 2 aromatic heterocycles. The Morgan fingerprint density at radius 3 is 2.41 bits per heavy atom. The zero-order valence-corrected chi connectivity index (χ0v) is 16.4. The van der Waals surface area contributed by atoms with Crippen LogP contribution in [0.15, 0.2) is 80.6 Å². The molecule has 0 saturated heterocycles. The van der Waals surface area contributed by atoms with Crippen molar-refractivity contribution in [3.63, 3.8) is 0 Å². The predicted octanol–water partition coefficient (Wildman–Crippen LogP) is 4.51. The highest BCUT2D eigenvalue weighted by Gasteiger charge is 2.13. The molecule has 0 fully saturated rings. The van der Waals surface area contributed by atoms with E-state index >= 15 is 0 Å². The molecule has 0 radical (unpaired) electrons. The van der Waals surface area contributed by atoms with E-state index in [2.05, 4.69) is 21.0 Å². The van der Waals surface area contributed by atoms with Crippen molar-refractivity contribution in [1.29, 1.82) is 0 Å². The molecule has 136 valence electrons. The Labute approximate surface area is 165 Å². The van der Waals surface area contributed by atoms with Crippen molar-refractivity contribution >= 4 is 26.7 Å². The minimum atomic E-state index is -0.0993. The van der Waals surface area contributed by atoms with Gasteiger partial charge in [-0.15, -0.1) is 0 Å². The highest BCUT2D eigenvalue weighted by Crippen LogP contribution is 2.24. The summed E-state index contributed by atoms with van der Waals surface area (Å²) in [5, 5.41) is 6.21. The molecule has 0 atom stereocenters. The molecule has 0 unspecified atom stereocenters. The van der Waals surface area contributed by atoms with E-state index < -0.39 is 0 Å². The van der Waals surface area contributed by atoms with Gasteiger partial charge in [-0.05, 0) is 41.2 Å². The van der Waals surface area contributed by atoms with Gasteiger partial charge in [-0.25, -0.2) is 4.68 Å². The standard InChI is InChI=1S/C21H18BrN3O2/c1-24(13-16-11-12-19(22)27-16)14-25-21(26)18-10-6-5-9-17(18)20(23-25)15-7-3-2-4-8-15/h2-12H,13-14H2,1H3. The lowest BCUT2D eigenvalue weighted by atomic mass is 10.1. The van der Waals surface area contributed by atoms with E-state index in [1.54, 1.807) is 0 Å². The SMILES string of the molecule is CN(Cc1ccc(Br)o1)Cn1nc(-c2ccccc2)c2ccccc2c1=O. The number of furan rings is 1. The lowest BCUT2D eigenvalue weighted by molar-refractivity contribution is 0.222. The molecule has 2 aromatic carbocycles. The smallest absolute Gasteiger partial charge is 0.275 e. The molecular formula is C21H18BrN3O2. The fourth-order valence-electron chi connectivity index (χ4n) is 3.12. The molecule has 0 aliphatic rings. The van der Waals surface area contributed by atoms with Crippen LogP contribution in [0.25, 0.3) is 22.0 Å². The Hall–Kier alpha value is -2.70. The van der Waals surface area contributed by atoms with Crippen LogP contribution in [-0.2, 0) is 13.2 Å². The van der Waals surface area contributed by atoms with Gasteiger partial charge in [-0.1, -0.05) is 48.5 Å². The third-order valence-corrected chi connectivity index (χ3v) is 4.77. The normalized spacial score (nSPS) is 11.4. The molecular weight excluding hydrogens is 406 g/mol. The van der Waals surface area contributed by atoms with Gasteiger partial charge in [0.2, 0.25) is 0 Å². The van der Waals surface area contributed by atoms with Crippen LogP contribution < -0.4 is 5.56 Å². The highest BCUT2D eigenvalue weighted by atomic mass is 79.9. The third kappa shape index (κ3) is 3.72. The minimum Gasteiger partial charge on any atom is -0.453 e. The van der Waals surface area contributed by atoms with E-state index in [1.165, 1.54) is 4.68 Å². The van der Waals surface area contributed by atoms with Gasteiger partial charge < -0.3 is 4.42 Å². The molecule has 27 heavy (non-hydrogen) atoms. The molecule has 0 saturated carbocycles. The average Bonchev–Trinajstić information content (AvgIpc) is 3.09. The Morgan fingerprint density at radius 1 is 1.00 bits per heavy atom. The molecule has 0 aliphatic heterocycles. The Balaban J connectivity index is 1.74. The van der Waals surface area contributed by atoms with Crippen LogP contribution in [0.3, 0.4) is 0 Å². The van der Waals surface area contributed by atoms with Crippen molar-refractivity contribution in [3.05, 3.63) is 87.5 Å².